The SMILES string of the molecule is CC1CCN(C(=O)C2CC2CNC(=O)OCC2c3ccccc3-c3ccccc32)C1C(=O)O. The van der Waals surface area contributed by atoms with Gasteiger partial charge in [-0.2, -0.15) is 0 Å². The first-order valence-electron chi connectivity index (χ1n) is 11.6. The van der Waals surface area contributed by atoms with Crippen LogP contribution in [0.2, 0.25) is 0 Å². The first kappa shape index (κ1) is 21.5. The Hall–Kier alpha value is -3.35. The molecule has 2 amide bonds. The van der Waals surface area contributed by atoms with Gasteiger partial charge in [0.15, 0.2) is 0 Å². The standard InChI is InChI=1S/C26H28N2O5/c1-15-10-11-28(23(15)25(30)31)24(29)21-12-16(21)13-27-26(32)33-14-22-19-8-4-2-6-17(19)18-7-3-5-9-20(18)22/h2-9,15-16,21-23H,10-14H2,1H3,(H,27,32)(H,30,31). The number of ether oxygens (including phenoxy) is 1. The van der Waals surface area contributed by atoms with E-state index in [1.54, 1.807) is 0 Å². The highest BCUT2D eigenvalue weighted by Gasteiger charge is 2.49. The lowest BCUT2D eigenvalue weighted by Crippen LogP contribution is -2.44. The number of nitrogens with one attached hydrogen (secondary N) is 1. The molecule has 33 heavy (non-hydrogen) atoms. The number of benzene rings is 2. The number of amides is 2. The third kappa shape index (κ3) is 3.96. The van der Waals surface area contributed by atoms with Gasteiger partial charge in [-0.15, -0.1) is 0 Å². The maximum atomic E-state index is 12.8. The van der Waals surface area contributed by atoms with Gasteiger partial charge in [0.05, 0.1) is 0 Å². The number of carboxylic acid groups (broad SMARTS) is 1. The molecule has 1 saturated heterocycles. The number of carboxylic acids is 1. The Bertz CT molecular complexity index is 1050. The van der Waals surface area contributed by atoms with Crippen molar-refractivity contribution in [2.24, 2.45) is 17.8 Å². The molecule has 4 unspecified atom stereocenters. The molecule has 7 heteroatoms. The van der Waals surface area contributed by atoms with E-state index in [0.29, 0.717) is 25.9 Å². The van der Waals surface area contributed by atoms with Gasteiger partial charge >= 0.3 is 12.1 Å². The molecule has 172 valence electrons. The molecule has 2 aliphatic carbocycles. The minimum atomic E-state index is -0.942. The van der Waals surface area contributed by atoms with Crippen molar-refractivity contribution in [2.75, 3.05) is 19.7 Å². The zero-order valence-electron chi connectivity index (χ0n) is 18.6. The first-order valence-corrected chi connectivity index (χ1v) is 11.6. The van der Waals surface area contributed by atoms with Gasteiger partial charge in [-0.1, -0.05) is 55.5 Å². The Morgan fingerprint density at radius 1 is 1.06 bits per heavy atom. The maximum Gasteiger partial charge on any atom is 0.407 e. The summed E-state index contributed by atoms with van der Waals surface area (Å²) in [6.45, 7) is 2.96. The van der Waals surface area contributed by atoms with E-state index in [1.807, 2.05) is 31.2 Å². The normalized spacial score (nSPS) is 25.3. The quantitative estimate of drug-likeness (QED) is 0.705. The Morgan fingerprint density at radius 2 is 1.70 bits per heavy atom. The van der Waals surface area contributed by atoms with Gasteiger partial charge in [0, 0.05) is 24.9 Å². The molecular weight excluding hydrogens is 420 g/mol. The molecule has 1 heterocycles. The third-order valence-electron chi connectivity index (χ3n) is 7.33. The molecule has 2 fully saturated rings. The van der Waals surface area contributed by atoms with Gasteiger partial charge in [-0.25, -0.2) is 9.59 Å². The van der Waals surface area contributed by atoms with Crippen LogP contribution in [0.4, 0.5) is 4.79 Å². The van der Waals surface area contributed by atoms with Crippen LogP contribution in [0.5, 0.6) is 0 Å². The Kier molecular flexibility index (Phi) is 5.56. The highest BCUT2D eigenvalue weighted by Crippen LogP contribution is 2.44. The maximum absolute atomic E-state index is 12.8. The van der Waals surface area contributed by atoms with Crippen molar-refractivity contribution in [3.8, 4) is 11.1 Å². The van der Waals surface area contributed by atoms with Crippen LogP contribution in [0.1, 0.15) is 36.8 Å². The van der Waals surface area contributed by atoms with E-state index in [1.165, 1.54) is 16.0 Å². The molecule has 0 radical (unpaired) electrons. The largest absolute Gasteiger partial charge is 0.480 e. The summed E-state index contributed by atoms with van der Waals surface area (Å²) in [6.07, 6.45) is 0.880. The second kappa shape index (κ2) is 8.54. The average molecular weight is 449 g/mol. The van der Waals surface area contributed by atoms with E-state index in [4.69, 9.17) is 4.74 Å². The van der Waals surface area contributed by atoms with E-state index < -0.39 is 18.1 Å². The number of nitrogens with zero attached hydrogens (tertiary/aromatic N) is 1. The summed E-state index contributed by atoms with van der Waals surface area (Å²) in [7, 11) is 0. The summed E-state index contributed by atoms with van der Waals surface area (Å²) < 4.78 is 5.55. The number of aliphatic carboxylic acids is 1. The fourth-order valence-electron chi connectivity index (χ4n) is 5.42. The Balaban J connectivity index is 1.13. The molecule has 4 atom stereocenters. The van der Waals surface area contributed by atoms with Gasteiger partial charge in [-0.3, -0.25) is 4.79 Å². The van der Waals surface area contributed by atoms with Crippen LogP contribution < -0.4 is 5.32 Å². The van der Waals surface area contributed by atoms with Crippen molar-refractivity contribution in [1.82, 2.24) is 10.2 Å². The van der Waals surface area contributed by atoms with Crippen LogP contribution in [0.15, 0.2) is 48.5 Å². The lowest BCUT2D eigenvalue weighted by atomic mass is 9.98. The number of fused-ring (bicyclic) bond motifs is 3. The first-order chi connectivity index (χ1) is 16.0. The summed E-state index contributed by atoms with van der Waals surface area (Å²) >= 11 is 0. The molecule has 3 aliphatic rings. The number of hydrogen-bond acceptors (Lipinski definition) is 4. The number of carbonyl (C=O) groups is 3. The Labute approximate surface area is 192 Å². The van der Waals surface area contributed by atoms with Crippen LogP contribution in [0.25, 0.3) is 11.1 Å². The average Bonchev–Trinajstić information content (AvgIpc) is 3.38. The van der Waals surface area contributed by atoms with Crippen molar-refractivity contribution in [3.63, 3.8) is 0 Å². The number of hydrogen-bond donors (Lipinski definition) is 2. The molecule has 1 saturated carbocycles. The molecule has 5 rings (SSSR count). The third-order valence-corrected chi connectivity index (χ3v) is 7.33. The fourth-order valence-corrected chi connectivity index (χ4v) is 5.42. The van der Waals surface area contributed by atoms with Crippen molar-refractivity contribution in [2.45, 2.75) is 31.7 Å². The van der Waals surface area contributed by atoms with Gasteiger partial charge in [-0.05, 0) is 46.9 Å². The van der Waals surface area contributed by atoms with Crippen LogP contribution in [-0.2, 0) is 14.3 Å². The molecule has 0 spiro atoms. The molecule has 2 N–H and O–H groups in total. The van der Waals surface area contributed by atoms with Crippen molar-refractivity contribution >= 4 is 18.0 Å². The molecule has 2 aromatic rings. The molecule has 7 nitrogen and oxygen atoms in total. The van der Waals surface area contributed by atoms with E-state index in [-0.39, 0.29) is 36.2 Å². The highest BCUT2D eigenvalue weighted by molar-refractivity contribution is 5.87. The monoisotopic (exact) mass is 448 g/mol. The van der Waals surface area contributed by atoms with Crippen molar-refractivity contribution in [1.29, 1.82) is 0 Å². The molecule has 1 aliphatic heterocycles. The molecule has 0 aromatic heterocycles. The summed E-state index contributed by atoms with van der Waals surface area (Å²) in [4.78, 5) is 38.2. The molecule has 0 bridgehead atoms. The Morgan fingerprint density at radius 3 is 2.33 bits per heavy atom. The van der Waals surface area contributed by atoms with E-state index in [9.17, 15) is 19.5 Å². The highest BCUT2D eigenvalue weighted by atomic mass is 16.5. The van der Waals surface area contributed by atoms with Crippen LogP contribution >= 0.6 is 0 Å². The summed E-state index contributed by atoms with van der Waals surface area (Å²) in [5.74, 6) is -1.27. The van der Waals surface area contributed by atoms with Crippen molar-refractivity contribution in [3.05, 3.63) is 59.7 Å². The smallest absolute Gasteiger partial charge is 0.407 e. The molecule has 2 aromatic carbocycles. The minimum absolute atomic E-state index is 0.00325. The van der Waals surface area contributed by atoms with Gasteiger partial charge < -0.3 is 20.1 Å². The molecular formula is C26H28N2O5. The van der Waals surface area contributed by atoms with Gasteiger partial charge in [0.25, 0.3) is 0 Å². The topological polar surface area (TPSA) is 95.9 Å². The summed E-state index contributed by atoms with van der Waals surface area (Å²) in [6, 6.07) is 15.6. The van der Waals surface area contributed by atoms with Gasteiger partial charge in [0.2, 0.25) is 5.91 Å². The van der Waals surface area contributed by atoms with Crippen LogP contribution in [0.3, 0.4) is 0 Å². The van der Waals surface area contributed by atoms with E-state index in [2.05, 4.69) is 29.6 Å². The van der Waals surface area contributed by atoms with Crippen LogP contribution in [0, 0.1) is 17.8 Å². The fraction of sp³-hybridized carbons (Fsp3) is 0.423. The lowest BCUT2D eigenvalue weighted by Gasteiger charge is -2.23. The lowest BCUT2D eigenvalue weighted by molar-refractivity contribution is -0.150. The van der Waals surface area contributed by atoms with Crippen molar-refractivity contribution < 1.29 is 24.2 Å². The van der Waals surface area contributed by atoms with Crippen LogP contribution in [-0.4, -0.2) is 53.7 Å². The zero-order valence-corrected chi connectivity index (χ0v) is 18.6. The number of alkyl carbamates (subject to hydrolysis) is 1. The zero-order chi connectivity index (χ0) is 23.1. The van der Waals surface area contributed by atoms with Gasteiger partial charge in [0.1, 0.15) is 12.6 Å². The summed E-state index contributed by atoms with van der Waals surface area (Å²) in [5.41, 5.74) is 4.68. The minimum Gasteiger partial charge on any atom is -0.480 e. The number of rotatable bonds is 6. The predicted molar refractivity (Wildman–Crippen MR) is 122 cm³/mol. The second-order valence-electron chi connectivity index (χ2n) is 9.39. The predicted octanol–water partition coefficient (Wildman–Crippen LogP) is 3.48. The second-order valence-corrected chi connectivity index (χ2v) is 9.39. The number of carbonyl (C=O) groups excluding carboxylic acids is 2. The summed E-state index contributed by atoms with van der Waals surface area (Å²) in [5, 5.41) is 12.2. The van der Waals surface area contributed by atoms with E-state index >= 15 is 0 Å². The number of likely N-dealkylation sites (tertiary alicyclic amines) is 1. The van der Waals surface area contributed by atoms with E-state index in [0.717, 1.165) is 11.1 Å².